The first kappa shape index (κ1) is 61.0. The SMILES string of the molecule is C/C(=C\C=C(/C)S(=O)(=O)N(C)CCOCCOCCNC(=O)NCCCCNC(=O)NCCOCCOCCN(C)S(=O)(=O)c1ccc(O[C@@H]2CCc3c(Cl)cc(Cl)cc32)cc1)O[C@@H]1CCc2c(Cl)cc(Cl)cc21. The van der Waals surface area contributed by atoms with Crippen LogP contribution in [0.2, 0.25) is 20.1 Å². The molecule has 0 heterocycles. The summed E-state index contributed by atoms with van der Waals surface area (Å²) >= 11 is 25.1. The number of nitrogens with one attached hydrogen (secondary N) is 4. The van der Waals surface area contributed by atoms with E-state index in [0.717, 1.165) is 47.9 Å². The first-order valence-electron chi connectivity index (χ1n) is 24.4. The largest absolute Gasteiger partial charge is 0.490 e. The number of rotatable bonds is 32. The summed E-state index contributed by atoms with van der Waals surface area (Å²) in [4.78, 5) is 24.5. The van der Waals surface area contributed by atoms with Crippen LogP contribution in [0.4, 0.5) is 9.59 Å². The Kier molecular flexibility index (Phi) is 25.3. The summed E-state index contributed by atoms with van der Waals surface area (Å²) in [6.45, 7) is 6.94. The Balaban J connectivity index is 0.783. The lowest BCUT2D eigenvalue weighted by Gasteiger charge is -2.18. The van der Waals surface area contributed by atoms with Crippen molar-refractivity contribution in [3.8, 4) is 5.75 Å². The van der Waals surface area contributed by atoms with Crippen LogP contribution in [0.15, 0.2) is 76.2 Å². The van der Waals surface area contributed by atoms with Crippen molar-refractivity contribution < 1.29 is 54.8 Å². The summed E-state index contributed by atoms with van der Waals surface area (Å²) in [5.74, 6) is 1.11. The number of unbranched alkanes of at least 4 members (excludes halogenated alkanes) is 1. The van der Waals surface area contributed by atoms with E-state index < -0.39 is 20.0 Å². The molecule has 0 fully saturated rings. The third-order valence-corrected chi connectivity index (χ3v) is 16.9. The van der Waals surface area contributed by atoms with Crippen LogP contribution >= 0.6 is 46.4 Å². The van der Waals surface area contributed by atoms with Gasteiger partial charge in [-0.05, 0) is 135 Å². The Morgan fingerprint density at radius 1 is 0.608 bits per heavy atom. The molecule has 2 aliphatic carbocycles. The van der Waals surface area contributed by atoms with Gasteiger partial charge in [0.1, 0.15) is 18.0 Å². The molecule has 4 N–H and O–H groups in total. The number of benzene rings is 3. The number of hydrogen-bond donors (Lipinski definition) is 4. The van der Waals surface area contributed by atoms with E-state index in [-0.39, 0.29) is 113 Å². The van der Waals surface area contributed by atoms with Crippen LogP contribution < -0.4 is 26.0 Å². The van der Waals surface area contributed by atoms with Crippen LogP contribution in [0.5, 0.6) is 5.75 Å². The van der Waals surface area contributed by atoms with Gasteiger partial charge < -0.3 is 49.7 Å². The van der Waals surface area contributed by atoms with E-state index in [1.54, 1.807) is 37.3 Å². The van der Waals surface area contributed by atoms with Crippen LogP contribution in [0, 0.1) is 0 Å². The number of likely N-dealkylation sites (N-methyl/N-ethyl adjacent to an activating group) is 2. The molecule has 4 amide bonds. The smallest absolute Gasteiger partial charge is 0.314 e. The first-order valence-corrected chi connectivity index (χ1v) is 28.8. The molecule has 0 unspecified atom stereocenters. The molecule has 5 rings (SSSR count). The van der Waals surface area contributed by atoms with Gasteiger partial charge in [-0.3, -0.25) is 0 Å². The highest BCUT2D eigenvalue weighted by atomic mass is 35.5. The van der Waals surface area contributed by atoms with E-state index in [2.05, 4.69) is 21.3 Å². The number of nitrogens with zero attached hydrogens (tertiary/aromatic N) is 2. The average molecular weight is 1150 g/mol. The minimum absolute atomic E-state index is 0.136. The molecule has 24 heteroatoms. The highest BCUT2D eigenvalue weighted by Crippen LogP contribution is 2.42. The predicted octanol–water partition coefficient (Wildman–Crippen LogP) is 8.21. The monoisotopic (exact) mass is 1150 g/mol. The summed E-state index contributed by atoms with van der Waals surface area (Å²) in [5, 5.41) is 13.3. The van der Waals surface area contributed by atoms with Gasteiger partial charge in [-0.1, -0.05) is 46.4 Å². The molecule has 0 saturated carbocycles. The van der Waals surface area contributed by atoms with Gasteiger partial charge in [-0.2, -0.15) is 8.61 Å². The maximum absolute atomic E-state index is 13.1. The molecule has 0 spiro atoms. The molecule has 3 aromatic rings. The molecule has 0 aromatic heterocycles. The molecule has 0 aliphatic heterocycles. The molecule has 410 valence electrons. The van der Waals surface area contributed by atoms with Crippen molar-refractivity contribution in [2.75, 3.05) is 106 Å². The lowest BCUT2D eigenvalue weighted by Crippen LogP contribution is -2.39. The lowest BCUT2D eigenvalue weighted by atomic mass is 10.1. The summed E-state index contributed by atoms with van der Waals surface area (Å²) in [7, 11) is -4.48. The van der Waals surface area contributed by atoms with Crippen LogP contribution in [0.3, 0.4) is 0 Å². The average Bonchev–Trinajstić information content (AvgIpc) is 3.96. The number of halogens is 4. The van der Waals surface area contributed by atoms with Crippen molar-refractivity contribution in [3.63, 3.8) is 0 Å². The molecule has 74 heavy (non-hydrogen) atoms. The van der Waals surface area contributed by atoms with E-state index >= 15 is 0 Å². The fraction of sp³-hybridized carbons (Fsp3) is 0.520. The van der Waals surface area contributed by atoms with Gasteiger partial charge in [-0.15, -0.1) is 0 Å². The zero-order valence-electron chi connectivity index (χ0n) is 42.2. The third kappa shape index (κ3) is 19.3. The number of urea groups is 2. The summed E-state index contributed by atoms with van der Waals surface area (Å²) < 4.78 is 89.1. The zero-order chi connectivity index (χ0) is 53.7. The van der Waals surface area contributed by atoms with E-state index in [1.165, 1.54) is 47.8 Å². The lowest BCUT2D eigenvalue weighted by molar-refractivity contribution is 0.0471. The van der Waals surface area contributed by atoms with Gasteiger partial charge >= 0.3 is 12.1 Å². The molecule has 18 nitrogen and oxygen atoms in total. The van der Waals surface area contributed by atoms with Crippen molar-refractivity contribution in [1.82, 2.24) is 29.9 Å². The van der Waals surface area contributed by atoms with Crippen molar-refractivity contribution in [2.24, 2.45) is 0 Å². The summed E-state index contributed by atoms with van der Waals surface area (Å²) in [5.41, 5.74) is 3.94. The maximum atomic E-state index is 13.1. The quantitative estimate of drug-likeness (QED) is 0.0265. The number of amides is 4. The molecule has 2 atom stereocenters. The maximum Gasteiger partial charge on any atom is 0.314 e. The zero-order valence-corrected chi connectivity index (χ0v) is 46.8. The second-order valence-electron chi connectivity index (χ2n) is 17.4. The second-order valence-corrected chi connectivity index (χ2v) is 23.4. The third-order valence-electron chi connectivity index (χ3n) is 12.0. The molecule has 2 aliphatic rings. The van der Waals surface area contributed by atoms with Crippen LogP contribution in [-0.2, 0) is 56.6 Å². The molecule has 0 bridgehead atoms. The number of carbonyl (C=O) groups excluding carboxylic acids is 2. The van der Waals surface area contributed by atoms with Gasteiger partial charge in [0.25, 0.3) is 0 Å². The Bertz CT molecular complexity index is 2610. The minimum atomic E-state index is -3.75. The number of carbonyl (C=O) groups is 2. The van der Waals surface area contributed by atoms with Gasteiger partial charge in [0.2, 0.25) is 20.0 Å². The minimum Gasteiger partial charge on any atom is -0.490 e. The van der Waals surface area contributed by atoms with E-state index in [1.807, 2.05) is 12.1 Å². The summed E-state index contributed by atoms with van der Waals surface area (Å²) in [6.07, 6.45) is 7.09. The molecular formula is C50H68Cl4N6O12S2. The molecular weight excluding hydrogens is 1080 g/mol. The Morgan fingerprint density at radius 3 is 1.59 bits per heavy atom. The number of allylic oxidation sites excluding steroid dienone is 4. The van der Waals surface area contributed by atoms with Crippen LogP contribution in [0.1, 0.15) is 74.0 Å². The fourth-order valence-electron chi connectivity index (χ4n) is 7.84. The van der Waals surface area contributed by atoms with Crippen molar-refractivity contribution in [1.29, 1.82) is 0 Å². The van der Waals surface area contributed by atoms with Crippen molar-refractivity contribution >= 4 is 78.5 Å². The predicted molar refractivity (Wildman–Crippen MR) is 287 cm³/mol. The van der Waals surface area contributed by atoms with Crippen LogP contribution in [0.25, 0.3) is 0 Å². The normalized spacial score (nSPS) is 15.8. The highest BCUT2D eigenvalue weighted by Gasteiger charge is 2.29. The highest BCUT2D eigenvalue weighted by molar-refractivity contribution is 7.93. The fourth-order valence-corrected chi connectivity index (χ4v) is 11.3. The second kappa shape index (κ2) is 30.7. The number of ether oxygens (including phenoxy) is 6. The summed E-state index contributed by atoms with van der Waals surface area (Å²) in [6, 6.07) is 12.8. The molecule has 3 aromatic carbocycles. The van der Waals surface area contributed by atoms with E-state index in [9.17, 15) is 26.4 Å². The van der Waals surface area contributed by atoms with E-state index in [4.69, 9.17) is 74.8 Å². The number of hydrogen-bond acceptors (Lipinski definition) is 12. The van der Waals surface area contributed by atoms with Gasteiger partial charge in [0, 0.05) is 73.5 Å². The number of fused-ring (bicyclic) bond motifs is 2. The van der Waals surface area contributed by atoms with Crippen molar-refractivity contribution in [2.45, 2.75) is 69.5 Å². The van der Waals surface area contributed by atoms with Crippen molar-refractivity contribution in [3.05, 3.63) is 114 Å². The molecule has 0 saturated heterocycles. The molecule has 0 radical (unpaired) electrons. The van der Waals surface area contributed by atoms with Gasteiger partial charge in [-0.25, -0.2) is 26.4 Å². The van der Waals surface area contributed by atoms with E-state index in [0.29, 0.717) is 57.5 Å². The van der Waals surface area contributed by atoms with Gasteiger partial charge in [0.15, 0.2) is 0 Å². The Hall–Kier alpha value is -3.90. The Morgan fingerprint density at radius 2 is 1.07 bits per heavy atom. The van der Waals surface area contributed by atoms with Gasteiger partial charge in [0.05, 0.1) is 68.4 Å². The first-order chi connectivity index (χ1) is 35.4. The standard InChI is InChI=1S/C50H68Cl4N6O12S2/c1-35(71-47-15-13-41-43(47)31-37(51)33-45(41)53)7-8-36(2)73(63,64)59(3)21-25-69-29-27-67-23-19-57-49(61)55-17-5-6-18-56-50(62)58-20-24-68-28-30-70-26-22-60(4)74(65,66)40-11-9-39(10-12-40)72-48-16-14-42-44(48)32-38(52)34-46(42)54/h7-12,31-34,47-48H,5-6,13-30H2,1-4H3,(H2,55,57,61)(H2,56,58,62)/b35-7+,36-8+/t47-,48-/m1/s1. The Labute approximate surface area is 455 Å². The topological polar surface area (TPSA) is 212 Å². The van der Waals surface area contributed by atoms with Crippen LogP contribution in [-0.4, -0.2) is 144 Å². The number of sulfonamides is 2.